The number of para-hydroxylation sites is 1. The molecule has 11 heteroatoms. The zero-order valence-electron chi connectivity index (χ0n) is 22.5. The molecule has 1 fully saturated rings. The molecule has 2 aliphatic rings. The SMILES string of the molecule is COc1ccccc1C=CC(=O)O.Cl.O=C(COc1ccc(Cl)cc1)N1CCN(Cc2ccc3c(c2)OCO3)CC1. The maximum atomic E-state index is 12.4. The van der Waals surface area contributed by atoms with Crippen LogP contribution in [0.2, 0.25) is 5.02 Å². The molecule has 218 valence electrons. The van der Waals surface area contributed by atoms with E-state index >= 15 is 0 Å². The third kappa shape index (κ3) is 9.60. The van der Waals surface area contributed by atoms with Crippen molar-refractivity contribution >= 4 is 42.0 Å². The van der Waals surface area contributed by atoms with E-state index in [0.29, 0.717) is 29.6 Å². The van der Waals surface area contributed by atoms with E-state index in [1.165, 1.54) is 11.6 Å². The highest BCUT2D eigenvalue weighted by Gasteiger charge is 2.22. The van der Waals surface area contributed by atoms with E-state index in [2.05, 4.69) is 11.0 Å². The second-order valence-electron chi connectivity index (χ2n) is 9.00. The van der Waals surface area contributed by atoms with Crippen LogP contribution in [0.1, 0.15) is 11.1 Å². The second kappa shape index (κ2) is 15.8. The second-order valence-corrected chi connectivity index (χ2v) is 9.44. The summed E-state index contributed by atoms with van der Waals surface area (Å²) in [6.07, 6.45) is 2.58. The number of ether oxygens (including phenoxy) is 4. The number of carboxylic acids is 1. The summed E-state index contributed by atoms with van der Waals surface area (Å²) < 4.78 is 21.4. The van der Waals surface area contributed by atoms with Crippen molar-refractivity contribution in [2.75, 3.05) is 46.7 Å². The normalized spacial score (nSPS) is 14.0. The fourth-order valence-corrected chi connectivity index (χ4v) is 4.31. The van der Waals surface area contributed by atoms with Crippen molar-refractivity contribution < 1.29 is 33.6 Å². The van der Waals surface area contributed by atoms with Gasteiger partial charge in [-0.1, -0.05) is 35.9 Å². The minimum Gasteiger partial charge on any atom is -0.496 e. The summed E-state index contributed by atoms with van der Waals surface area (Å²) in [4.78, 5) is 26.8. The number of fused-ring (bicyclic) bond motifs is 1. The van der Waals surface area contributed by atoms with E-state index in [4.69, 9.17) is 35.7 Å². The Balaban J connectivity index is 0.000000280. The van der Waals surface area contributed by atoms with Gasteiger partial charge in [0.1, 0.15) is 11.5 Å². The molecule has 0 aliphatic carbocycles. The Morgan fingerprint density at radius 1 is 0.976 bits per heavy atom. The Labute approximate surface area is 250 Å². The van der Waals surface area contributed by atoms with Crippen LogP contribution in [0.25, 0.3) is 6.08 Å². The average Bonchev–Trinajstić information content (AvgIpc) is 3.44. The first-order valence-corrected chi connectivity index (χ1v) is 13.1. The molecular formula is C30H32Cl2N2O7. The summed E-state index contributed by atoms with van der Waals surface area (Å²) in [6, 6.07) is 20.3. The Morgan fingerprint density at radius 3 is 2.39 bits per heavy atom. The van der Waals surface area contributed by atoms with Crippen LogP contribution in [-0.2, 0) is 16.1 Å². The van der Waals surface area contributed by atoms with E-state index in [9.17, 15) is 9.59 Å². The molecule has 41 heavy (non-hydrogen) atoms. The fraction of sp³-hybridized carbons (Fsp3) is 0.267. The highest BCUT2D eigenvalue weighted by atomic mass is 35.5. The van der Waals surface area contributed by atoms with Crippen molar-refractivity contribution in [2.45, 2.75) is 6.54 Å². The predicted octanol–water partition coefficient (Wildman–Crippen LogP) is 5.01. The first-order chi connectivity index (χ1) is 19.4. The molecule has 1 saturated heterocycles. The number of benzene rings is 3. The van der Waals surface area contributed by atoms with Gasteiger partial charge in [0.25, 0.3) is 5.91 Å². The molecule has 9 nitrogen and oxygen atoms in total. The van der Waals surface area contributed by atoms with Gasteiger partial charge in [0.2, 0.25) is 6.79 Å². The number of amides is 1. The van der Waals surface area contributed by atoms with Crippen molar-refractivity contribution in [3.05, 3.63) is 89.0 Å². The molecule has 0 bridgehead atoms. The van der Waals surface area contributed by atoms with Crippen molar-refractivity contribution in [2.24, 2.45) is 0 Å². The van der Waals surface area contributed by atoms with E-state index in [-0.39, 0.29) is 31.7 Å². The number of rotatable bonds is 8. The molecule has 3 aromatic carbocycles. The van der Waals surface area contributed by atoms with Crippen molar-refractivity contribution in [1.29, 1.82) is 0 Å². The number of aliphatic carboxylic acids is 1. The van der Waals surface area contributed by atoms with Crippen LogP contribution in [0.4, 0.5) is 0 Å². The first kappa shape index (κ1) is 31.6. The summed E-state index contributed by atoms with van der Waals surface area (Å²) in [5.74, 6) is 1.96. The Bertz CT molecular complexity index is 1330. The van der Waals surface area contributed by atoms with Gasteiger partial charge in [-0.2, -0.15) is 0 Å². The van der Waals surface area contributed by atoms with Gasteiger partial charge < -0.3 is 29.0 Å². The molecule has 3 aromatic rings. The monoisotopic (exact) mass is 602 g/mol. The number of carbonyl (C=O) groups is 2. The third-order valence-electron chi connectivity index (χ3n) is 6.29. The molecule has 0 radical (unpaired) electrons. The lowest BCUT2D eigenvalue weighted by molar-refractivity contribution is -0.135. The number of piperazine rings is 1. The number of methoxy groups -OCH3 is 1. The summed E-state index contributed by atoms with van der Waals surface area (Å²) in [6.45, 7) is 4.24. The molecule has 2 aliphatic heterocycles. The van der Waals surface area contributed by atoms with Gasteiger partial charge in [0.05, 0.1) is 7.11 Å². The van der Waals surface area contributed by atoms with Crippen molar-refractivity contribution in [1.82, 2.24) is 9.80 Å². The molecular weight excluding hydrogens is 571 g/mol. The van der Waals surface area contributed by atoms with Crippen molar-refractivity contribution in [3.63, 3.8) is 0 Å². The van der Waals surface area contributed by atoms with Crippen LogP contribution in [-0.4, -0.2) is 73.5 Å². The van der Waals surface area contributed by atoms with Gasteiger partial charge >= 0.3 is 5.97 Å². The Kier molecular flexibility index (Phi) is 12.1. The topological polar surface area (TPSA) is 97.8 Å². The lowest BCUT2D eigenvalue weighted by Crippen LogP contribution is -2.49. The molecule has 0 atom stereocenters. The largest absolute Gasteiger partial charge is 0.496 e. The van der Waals surface area contributed by atoms with Gasteiger partial charge in [-0.3, -0.25) is 9.69 Å². The number of nitrogens with zero attached hydrogens (tertiary/aromatic N) is 2. The molecule has 0 spiro atoms. The number of carboxylic acid groups (broad SMARTS) is 1. The van der Waals surface area contributed by atoms with E-state index in [1.807, 2.05) is 29.2 Å². The highest BCUT2D eigenvalue weighted by molar-refractivity contribution is 6.30. The maximum Gasteiger partial charge on any atom is 0.328 e. The Hall–Kier alpha value is -3.92. The standard InChI is InChI=1S/C20H21ClN2O4.C10H10O3.ClH/c21-16-2-4-17(5-3-16)25-13-20(24)23-9-7-22(8-10-23)12-15-1-6-18-19(11-15)27-14-26-18;1-13-9-5-3-2-4-8(9)6-7-10(11)12;/h1-6,11H,7-10,12-14H2;2-7H,1H3,(H,11,12);1H. The predicted molar refractivity (Wildman–Crippen MR) is 158 cm³/mol. The van der Waals surface area contributed by atoms with Gasteiger partial charge in [-0.05, 0) is 54.1 Å². The Morgan fingerprint density at radius 2 is 1.68 bits per heavy atom. The molecule has 0 aromatic heterocycles. The smallest absolute Gasteiger partial charge is 0.328 e. The van der Waals surface area contributed by atoms with E-state index < -0.39 is 5.97 Å². The maximum absolute atomic E-state index is 12.4. The molecule has 0 saturated carbocycles. The zero-order chi connectivity index (χ0) is 28.3. The minimum atomic E-state index is -0.967. The number of halogens is 2. The third-order valence-corrected chi connectivity index (χ3v) is 6.54. The first-order valence-electron chi connectivity index (χ1n) is 12.7. The average molecular weight is 603 g/mol. The van der Waals surface area contributed by atoms with Crippen LogP contribution >= 0.6 is 24.0 Å². The van der Waals surface area contributed by atoms with Gasteiger partial charge in [-0.15, -0.1) is 12.4 Å². The molecule has 2 heterocycles. The summed E-state index contributed by atoms with van der Waals surface area (Å²) >= 11 is 5.85. The van der Waals surface area contributed by atoms with Gasteiger partial charge in [-0.25, -0.2) is 4.79 Å². The summed E-state index contributed by atoms with van der Waals surface area (Å²) in [5, 5.41) is 9.06. The van der Waals surface area contributed by atoms with Crippen LogP contribution in [0.15, 0.2) is 72.8 Å². The minimum absolute atomic E-state index is 0. The highest BCUT2D eigenvalue weighted by Crippen LogP contribution is 2.32. The quantitative estimate of drug-likeness (QED) is 0.359. The number of hydrogen-bond acceptors (Lipinski definition) is 7. The van der Waals surface area contributed by atoms with Crippen LogP contribution in [0, 0.1) is 0 Å². The van der Waals surface area contributed by atoms with E-state index in [1.54, 1.807) is 43.5 Å². The van der Waals surface area contributed by atoms with Crippen LogP contribution in [0.3, 0.4) is 0 Å². The van der Waals surface area contributed by atoms with E-state index in [0.717, 1.165) is 42.8 Å². The van der Waals surface area contributed by atoms with Crippen LogP contribution in [0.5, 0.6) is 23.0 Å². The number of hydrogen-bond donors (Lipinski definition) is 1. The van der Waals surface area contributed by atoms with Gasteiger partial charge in [0, 0.05) is 49.4 Å². The molecule has 5 rings (SSSR count). The lowest BCUT2D eigenvalue weighted by atomic mass is 10.1. The lowest BCUT2D eigenvalue weighted by Gasteiger charge is -2.34. The molecule has 1 amide bonds. The summed E-state index contributed by atoms with van der Waals surface area (Å²) in [5.41, 5.74) is 1.94. The number of carbonyl (C=O) groups excluding carboxylic acids is 1. The summed E-state index contributed by atoms with van der Waals surface area (Å²) in [7, 11) is 1.55. The molecule has 0 unspecified atom stereocenters. The fourth-order valence-electron chi connectivity index (χ4n) is 4.19. The van der Waals surface area contributed by atoms with Crippen molar-refractivity contribution in [3.8, 4) is 23.0 Å². The molecule has 1 N–H and O–H groups in total. The van der Waals surface area contributed by atoms with Crippen LogP contribution < -0.4 is 18.9 Å². The van der Waals surface area contributed by atoms with Gasteiger partial charge in [0.15, 0.2) is 18.1 Å². The zero-order valence-corrected chi connectivity index (χ0v) is 24.1.